The van der Waals surface area contributed by atoms with E-state index in [2.05, 4.69) is 27.5 Å². The fraction of sp³-hybridized carbons (Fsp3) is 0.786. The van der Waals surface area contributed by atoms with E-state index in [1.807, 2.05) is 13.8 Å². The topological polar surface area (TPSA) is 107 Å². The molecular weight excluding hydrogens is 454 g/mol. The van der Waals surface area contributed by atoms with Gasteiger partial charge in [-0.3, -0.25) is 29.6 Å². The fourth-order valence-electron chi connectivity index (χ4n) is 4.64. The van der Waals surface area contributed by atoms with Crippen molar-refractivity contribution in [1.29, 1.82) is 0 Å². The number of hydrogen-bond donors (Lipinski definition) is 3. The molecule has 3 N–H and O–H groups in total. The summed E-state index contributed by atoms with van der Waals surface area (Å²) < 4.78 is 0. The number of rotatable bonds is 16. The number of aromatic nitrogens is 2. The average molecular weight is 504 g/mol. The quantitative estimate of drug-likeness (QED) is 0.227. The molecule has 8 heteroatoms. The van der Waals surface area contributed by atoms with Crippen molar-refractivity contribution < 1.29 is 9.59 Å². The molecule has 204 valence electrons. The largest absolute Gasteiger partial charge is 0.364 e. The van der Waals surface area contributed by atoms with Crippen molar-refractivity contribution in [2.75, 3.05) is 15.5 Å². The molecule has 0 bridgehead atoms. The van der Waals surface area contributed by atoms with Crippen LogP contribution >= 0.6 is 0 Å². The minimum Gasteiger partial charge on any atom is -0.364 e. The zero-order valence-electron chi connectivity index (χ0n) is 23.3. The molecule has 1 aliphatic heterocycles. The van der Waals surface area contributed by atoms with Crippen molar-refractivity contribution >= 4 is 29.3 Å². The lowest BCUT2D eigenvalue weighted by Crippen LogP contribution is -2.53. The monoisotopic (exact) mass is 503 g/mol. The molecule has 0 saturated carbocycles. The van der Waals surface area contributed by atoms with Crippen LogP contribution in [0.3, 0.4) is 0 Å². The van der Waals surface area contributed by atoms with E-state index in [0.717, 1.165) is 19.3 Å². The summed E-state index contributed by atoms with van der Waals surface area (Å²) in [6, 6.07) is -0.248. The van der Waals surface area contributed by atoms with Crippen molar-refractivity contribution in [3.8, 4) is 0 Å². The second kappa shape index (κ2) is 15.7. The molecule has 0 aromatic carbocycles. The number of hydrogen-bond acceptors (Lipinski definition) is 5. The van der Waals surface area contributed by atoms with Gasteiger partial charge >= 0.3 is 0 Å². The number of unbranched alkanes of at least 4 members (excludes halogenated alkanes) is 12. The Morgan fingerprint density at radius 1 is 0.917 bits per heavy atom. The van der Waals surface area contributed by atoms with Gasteiger partial charge in [0, 0.05) is 18.4 Å². The molecule has 8 nitrogen and oxygen atoms in total. The summed E-state index contributed by atoms with van der Waals surface area (Å²) in [6.45, 7) is 9.70. The zero-order valence-corrected chi connectivity index (χ0v) is 23.3. The van der Waals surface area contributed by atoms with Crippen LogP contribution in [-0.4, -0.2) is 33.9 Å². The highest BCUT2D eigenvalue weighted by molar-refractivity contribution is 5.98. The summed E-state index contributed by atoms with van der Waals surface area (Å²) in [7, 11) is 0. The van der Waals surface area contributed by atoms with Crippen molar-refractivity contribution in [1.82, 2.24) is 9.97 Å². The predicted molar refractivity (Wildman–Crippen MR) is 149 cm³/mol. The van der Waals surface area contributed by atoms with Crippen molar-refractivity contribution in [3.63, 3.8) is 0 Å². The molecule has 1 aromatic rings. The van der Waals surface area contributed by atoms with E-state index < -0.39 is 5.56 Å². The van der Waals surface area contributed by atoms with Crippen molar-refractivity contribution in [3.05, 3.63) is 10.4 Å². The summed E-state index contributed by atoms with van der Waals surface area (Å²) in [4.78, 5) is 46.7. The van der Waals surface area contributed by atoms with Crippen LogP contribution in [-0.2, 0) is 9.59 Å². The van der Waals surface area contributed by atoms with Crippen LogP contribution in [0.15, 0.2) is 4.79 Å². The smallest absolute Gasteiger partial charge is 0.278 e. The van der Waals surface area contributed by atoms with Crippen LogP contribution in [0.4, 0.5) is 17.5 Å². The first-order chi connectivity index (χ1) is 17.3. The van der Waals surface area contributed by atoms with Gasteiger partial charge in [0.05, 0.1) is 6.04 Å². The molecular formula is C28H49N5O3. The minimum absolute atomic E-state index is 0.0496. The summed E-state index contributed by atoms with van der Waals surface area (Å²) in [5.41, 5.74) is -0.188. The Morgan fingerprint density at radius 2 is 1.44 bits per heavy atom. The van der Waals surface area contributed by atoms with Crippen LogP contribution in [0, 0.1) is 5.92 Å². The van der Waals surface area contributed by atoms with Gasteiger partial charge in [0.25, 0.3) is 5.56 Å². The van der Waals surface area contributed by atoms with Crippen LogP contribution in [0.1, 0.15) is 125 Å². The molecule has 2 atom stereocenters. The second-order valence-electron chi connectivity index (χ2n) is 10.7. The van der Waals surface area contributed by atoms with E-state index in [0.29, 0.717) is 12.2 Å². The lowest BCUT2D eigenvalue weighted by atomic mass is 10.0. The van der Waals surface area contributed by atoms with Gasteiger partial charge < -0.3 is 5.32 Å². The van der Waals surface area contributed by atoms with E-state index in [-0.39, 0.29) is 41.5 Å². The summed E-state index contributed by atoms with van der Waals surface area (Å²) in [5.74, 6) is -0.0912. The Bertz CT molecular complexity index is 882. The van der Waals surface area contributed by atoms with E-state index >= 15 is 0 Å². The number of anilines is 3. The van der Waals surface area contributed by atoms with Crippen LogP contribution in [0.5, 0.6) is 0 Å². The lowest BCUT2D eigenvalue weighted by molar-refractivity contribution is -0.120. The van der Waals surface area contributed by atoms with Gasteiger partial charge in [-0.25, -0.2) is 0 Å². The van der Waals surface area contributed by atoms with Crippen LogP contribution in [0.25, 0.3) is 0 Å². The Hall–Kier alpha value is -2.38. The Kier molecular flexibility index (Phi) is 13.0. The molecule has 0 spiro atoms. The molecule has 2 rings (SSSR count). The summed E-state index contributed by atoms with van der Waals surface area (Å²) in [6.07, 6.45) is 16.8. The predicted octanol–water partition coefficient (Wildman–Crippen LogP) is 6.38. The Morgan fingerprint density at radius 3 is 1.97 bits per heavy atom. The normalized spacial score (nSPS) is 17.1. The van der Waals surface area contributed by atoms with Gasteiger partial charge in [-0.2, -0.15) is 4.98 Å². The number of aromatic amines is 1. The molecule has 0 saturated heterocycles. The fourth-order valence-corrected chi connectivity index (χ4v) is 4.64. The number of nitrogens with one attached hydrogen (secondary N) is 3. The van der Waals surface area contributed by atoms with Crippen molar-refractivity contribution in [2.45, 2.75) is 137 Å². The minimum atomic E-state index is -0.427. The SMILES string of the molecule is CCCCCCCCCCCCCCCC(=O)N1c2c(nc(NC(=O)C(C)C)[nH]c2=O)NC(C)C1C. The second-order valence-corrected chi connectivity index (χ2v) is 10.7. The van der Waals surface area contributed by atoms with Gasteiger partial charge in [-0.1, -0.05) is 97.8 Å². The highest BCUT2D eigenvalue weighted by Crippen LogP contribution is 2.30. The summed E-state index contributed by atoms with van der Waals surface area (Å²) in [5, 5.41) is 5.85. The molecule has 0 fully saturated rings. The third-order valence-corrected chi connectivity index (χ3v) is 7.16. The van der Waals surface area contributed by atoms with Gasteiger partial charge in [-0.15, -0.1) is 0 Å². The lowest BCUT2D eigenvalue weighted by Gasteiger charge is -2.39. The standard InChI is InChI=1S/C28H49N5O3/c1-6-7-8-9-10-11-12-13-14-15-16-17-18-19-23(34)33-22(5)21(4)29-25-24(33)27(36)32-28(30-25)31-26(35)20(2)3/h20-22H,6-19H2,1-5H3,(H3,29,30,31,32,35,36). The molecule has 1 aromatic heterocycles. The number of H-pyrrole nitrogens is 1. The maximum absolute atomic E-state index is 13.2. The molecule has 0 radical (unpaired) electrons. The van der Waals surface area contributed by atoms with E-state index in [4.69, 9.17) is 0 Å². The van der Waals surface area contributed by atoms with Crippen LogP contribution < -0.4 is 21.1 Å². The maximum atomic E-state index is 13.2. The molecule has 2 heterocycles. The van der Waals surface area contributed by atoms with Crippen molar-refractivity contribution in [2.24, 2.45) is 5.92 Å². The Labute approximate surface area is 217 Å². The van der Waals surface area contributed by atoms with Crippen LogP contribution in [0.2, 0.25) is 0 Å². The van der Waals surface area contributed by atoms with E-state index in [1.54, 1.807) is 18.7 Å². The number of nitrogens with zero attached hydrogens (tertiary/aromatic N) is 2. The molecule has 2 unspecified atom stereocenters. The van der Waals surface area contributed by atoms with Gasteiger partial charge in [0.1, 0.15) is 0 Å². The first-order valence-corrected chi connectivity index (χ1v) is 14.3. The molecule has 2 amide bonds. The number of fused-ring (bicyclic) bond motifs is 1. The molecule has 36 heavy (non-hydrogen) atoms. The average Bonchev–Trinajstić information content (AvgIpc) is 2.83. The zero-order chi connectivity index (χ0) is 26.5. The highest BCUT2D eigenvalue weighted by atomic mass is 16.2. The first-order valence-electron chi connectivity index (χ1n) is 14.3. The maximum Gasteiger partial charge on any atom is 0.278 e. The third kappa shape index (κ3) is 9.25. The number of amides is 2. The Balaban J connectivity index is 1.79. The number of carbonyl (C=O) groups excluding carboxylic acids is 2. The number of carbonyl (C=O) groups is 2. The molecule has 0 aliphatic carbocycles. The van der Waals surface area contributed by atoms with E-state index in [1.165, 1.54) is 64.2 Å². The molecule has 1 aliphatic rings. The van der Waals surface area contributed by atoms with Gasteiger partial charge in [-0.05, 0) is 20.3 Å². The first kappa shape index (κ1) is 29.8. The summed E-state index contributed by atoms with van der Waals surface area (Å²) >= 11 is 0. The highest BCUT2D eigenvalue weighted by Gasteiger charge is 2.35. The van der Waals surface area contributed by atoms with Gasteiger partial charge in [0.2, 0.25) is 17.8 Å². The van der Waals surface area contributed by atoms with Gasteiger partial charge in [0.15, 0.2) is 11.5 Å². The van der Waals surface area contributed by atoms with E-state index in [9.17, 15) is 14.4 Å². The third-order valence-electron chi connectivity index (χ3n) is 7.16.